The molecule has 0 atom stereocenters. The van der Waals surface area contributed by atoms with E-state index in [-0.39, 0.29) is 23.5 Å². The molecule has 1 N–H and O–H groups in total. The first kappa shape index (κ1) is 22.7. The fourth-order valence-electron chi connectivity index (χ4n) is 3.08. The smallest absolute Gasteiger partial charge is 0.350 e. The molecule has 1 aromatic carbocycles. The molecule has 166 valence electrons. The lowest BCUT2D eigenvalue weighted by atomic mass is 10.0. The van der Waals surface area contributed by atoms with Crippen molar-refractivity contribution < 1.29 is 23.9 Å². The van der Waals surface area contributed by atoms with E-state index < -0.39 is 17.5 Å². The molecule has 8 nitrogen and oxygen atoms in total. The van der Waals surface area contributed by atoms with E-state index in [2.05, 4.69) is 10.3 Å². The Hall–Kier alpha value is -2.94. The van der Waals surface area contributed by atoms with Gasteiger partial charge in [-0.25, -0.2) is 9.78 Å². The fourth-order valence-corrected chi connectivity index (χ4v) is 3.96. The van der Waals surface area contributed by atoms with Crippen molar-refractivity contribution in [2.24, 2.45) is 5.92 Å². The molecule has 0 saturated heterocycles. The van der Waals surface area contributed by atoms with E-state index >= 15 is 0 Å². The van der Waals surface area contributed by atoms with Crippen molar-refractivity contribution in [3.63, 3.8) is 0 Å². The summed E-state index contributed by atoms with van der Waals surface area (Å²) < 4.78 is 11.1. The topological polar surface area (TPSA) is 97.8 Å². The van der Waals surface area contributed by atoms with E-state index in [1.54, 1.807) is 26.8 Å². The van der Waals surface area contributed by atoms with Gasteiger partial charge in [0, 0.05) is 0 Å². The first-order chi connectivity index (χ1) is 14.5. The zero-order chi connectivity index (χ0) is 22.9. The van der Waals surface area contributed by atoms with Crippen molar-refractivity contribution >= 4 is 39.9 Å². The average Bonchev–Trinajstić information content (AvgIpc) is 3.04. The van der Waals surface area contributed by atoms with Crippen LogP contribution in [0.25, 0.3) is 0 Å². The normalized spacial score (nSPS) is 14.8. The maximum Gasteiger partial charge on any atom is 0.350 e. The lowest BCUT2D eigenvalue weighted by Gasteiger charge is -2.38. The van der Waals surface area contributed by atoms with Crippen molar-refractivity contribution in [2.75, 3.05) is 23.4 Å². The van der Waals surface area contributed by atoms with Crippen LogP contribution in [0.2, 0.25) is 0 Å². The quantitative estimate of drug-likeness (QED) is 0.681. The molecule has 0 unspecified atom stereocenters. The summed E-state index contributed by atoms with van der Waals surface area (Å²) >= 11 is 1.05. The monoisotopic (exact) mass is 445 g/mol. The number of hydrogen-bond acceptors (Lipinski definition) is 7. The zero-order valence-corrected chi connectivity index (χ0v) is 19.4. The first-order valence-corrected chi connectivity index (χ1v) is 10.9. The van der Waals surface area contributed by atoms with Crippen molar-refractivity contribution in [3.8, 4) is 5.75 Å². The molecule has 2 amide bonds. The summed E-state index contributed by atoms with van der Waals surface area (Å²) in [4.78, 5) is 43.9. The number of rotatable bonds is 6. The largest absolute Gasteiger partial charge is 0.476 e. The number of esters is 1. The molecule has 0 bridgehead atoms. The second-order valence-corrected chi connectivity index (χ2v) is 9.45. The molecular formula is C22H27N3O5S. The van der Waals surface area contributed by atoms with Gasteiger partial charge in [-0.2, -0.15) is 0 Å². The number of hydrogen-bond donors (Lipinski definition) is 1. The third kappa shape index (κ3) is 5.04. The molecule has 31 heavy (non-hydrogen) atoms. The van der Waals surface area contributed by atoms with Gasteiger partial charge in [0.05, 0.1) is 18.0 Å². The summed E-state index contributed by atoms with van der Waals surface area (Å²) in [5, 5.41) is 2.97. The van der Waals surface area contributed by atoms with Gasteiger partial charge in [0.15, 0.2) is 10.7 Å². The van der Waals surface area contributed by atoms with Gasteiger partial charge in [-0.1, -0.05) is 31.3 Å². The van der Waals surface area contributed by atoms with Crippen molar-refractivity contribution in [3.05, 3.63) is 34.3 Å². The van der Waals surface area contributed by atoms with Crippen LogP contribution in [0, 0.1) is 19.8 Å². The number of ether oxygens (including phenoxy) is 2. The molecular weight excluding hydrogens is 418 g/mol. The number of carbonyl (C=O) groups is 3. The molecule has 0 spiro atoms. The molecule has 1 aromatic heterocycles. The van der Waals surface area contributed by atoms with Crippen molar-refractivity contribution in [1.82, 2.24) is 4.98 Å². The number of thiazole rings is 1. The highest BCUT2D eigenvalue weighted by atomic mass is 32.1. The predicted octanol–water partition coefficient (Wildman–Crippen LogP) is 3.72. The fraction of sp³-hybridized carbons (Fsp3) is 0.455. The van der Waals surface area contributed by atoms with Crippen LogP contribution >= 0.6 is 11.3 Å². The van der Waals surface area contributed by atoms with Crippen LogP contribution in [0.4, 0.5) is 10.8 Å². The van der Waals surface area contributed by atoms with E-state index in [0.29, 0.717) is 28.6 Å². The second-order valence-electron chi connectivity index (χ2n) is 8.45. The Bertz CT molecular complexity index is 1030. The Morgan fingerprint density at radius 2 is 2.00 bits per heavy atom. The number of aromatic nitrogens is 1. The number of benzene rings is 1. The molecule has 1 aliphatic rings. The molecule has 0 fully saturated rings. The SMILES string of the molecule is Cc1ccc2c(c1)N(CC(=O)Nc1nc(C)c(C(=O)OCC(C)C)s1)C(=O)C(C)(C)O2. The summed E-state index contributed by atoms with van der Waals surface area (Å²) in [6.45, 7) is 10.9. The Kier molecular flexibility index (Phi) is 6.35. The summed E-state index contributed by atoms with van der Waals surface area (Å²) in [6.07, 6.45) is 0. The van der Waals surface area contributed by atoms with E-state index in [1.165, 1.54) is 4.90 Å². The Labute approximate surface area is 185 Å². The first-order valence-electron chi connectivity index (χ1n) is 10.0. The van der Waals surface area contributed by atoms with Crippen molar-refractivity contribution in [2.45, 2.75) is 47.1 Å². The lowest BCUT2D eigenvalue weighted by molar-refractivity contribution is -0.133. The van der Waals surface area contributed by atoms with Gasteiger partial charge in [0.2, 0.25) is 5.91 Å². The van der Waals surface area contributed by atoms with Crippen molar-refractivity contribution in [1.29, 1.82) is 0 Å². The minimum absolute atomic E-state index is 0.201. The number of carbonyl (C=O) groups excluding carboxylic acids is 3. The van der Waals surface area contributed by atoms with Gasteiger partial charge in [-0.3, -0.25) is 14.5 Å². The number of fused-ring (bicyclic) bond motifs is 1. The van der Waals surface area contributed by atoms with Gasteiger partial charge in [0.1, 0.15) is 17.2 Å². The molecule has 1 aliphatic heterocycles. The van der Waals surface area contributed by atoms with Gasteiger partial charge < -0.3 is 14.8 Å². The summed E-state index contributed by atoms with van der Waals surface area (Å²) in [6, 6.07) is 5.50. The number of aryl methyl sites for hydroxylation is 2. The number of anilines is 2. The molecule has 0 saturated carbocycles. The average molecular weight is 446 g/mol. The Balaban J connectivity index is 1.75. The minimum Gasteiger partial charge on any atom is -0.476 e. The highest BCUT2D eigenvalue weighted by Gasteiger charge is 2.41. The second kappa shape index (κ2) is 8.66. The van der Waals surface area contributed by atoms with Gasteiger partial charge in [-0.05, 0) is 51.3 Å². The predicted molar refractivity (Wildman–Crippen MR) is 119 cm³/mol. The standard InChI is InChI=1S/C22H27N3O5S/c1-12(2)11-29-19(27)18-14(4)23-21(31-18)24-17(26)10-25-15-9-13(3)7-8-16(15)30-22(5,6)20(25)28/h7-9,12H,10-11H2,1-6H3,(H,23,24,26). The van der Waals surface area contributed by atoms with E-state index in [9.17, 15) is 14.4 Å². The summed E-state index contributed by atoms with van der Waals surface area (Å²) in [7, 11) is 0. The lowest BCUT2D eigenvalue weighted by Crippen LogP contribution is -2.54. The zero-order valence-electron chi connectivity index (χ0n) is 18.6. The Morgan fingerprint density at radius 3 is 2.68 bits per heavy atom. The van der Waals surface area contributed by atoms with Gasteiger partial charge >= 0.3 is 5.97 Å². The Morgan fingerprint density at radius 1 is 1.29 bits per heavy atom. The molecule has 2 aromatic rings. The number of nitrogens with zero attached hydrogens (tertiary/aromatic N) is 2. The van der Waals surface area contributed by atoms with Crippen LogP contribution in [0.3, 0.4) is 0 Å². The number of nitrogens with one attached hydrogen (secondary N) is 1. The highest BCUT2D eigenvalue weighted by molar-refractivity contribution is 7.17. The highest BCUT2D eigenvalue weighted by Crippen LogP contribution is 2.38. The summed E-state index contributed by atoms with van der Waals surface area (Å²) in [5.41, 5.74) is 0.889. The summed E-state index contributed by atoms with van der Waals surface area (Å²) in [5.74, 6) is -0.427. The van der Waals surface area contributed by atoms with Crippen LogP contribution in [0.1, 0.15) is 48.6 Å². The van der Waals surface area contributed by atoms with Gasteiger partial charge in [-0.15, -0.1) is 0 Å². The molecule has 2 heterocycles. The maximum absolute atomic E-state index is 12.9. The maximum atomic E-state index is 12.9. The number of amides is 2. The van der Waals surface area contributed by atoms with Gasteiger partial charge in [0.25, 0.3) is 5.91 Å². The third-order valence-electron chi connectivity index (χ3n) is 4.61. The van der Waals surface area contributed by atoms with E-state index in [4.69, 9.17) is 9.47 Å². The minimum atomic E-state index is -1.09. The van der Waals surface area contributed by atoms with Crippen LogP contribution in [0.5, 0.6) is 5.75 Å². The molecule has 3 rings (SSSR count). The third-order valence-corrected chi connectivity index (χ3v) is 5.66. The van der Waals surface area contributed by atoms with E-state index in [1.807, 2.05) is 32.9 Å². The van der Waals surface area contributed by atoms with Crippen LogP contribution in [0.15, 0.2) is 18.2 Å². The van der Waals surface area contributed by atoms with Crippen LogP contribution in [-0.4, -0.2) is 41.5 Å². The van der Waals surface area contributed by atoms with Crippen LogP contribution in [-0.2, 0) is 14.3 Å². The molecule has 0 aliphatic carbocycles. The molecule has 0 radical (unpaired) electrons. The van der Waals surface area contributed by atoms with E-state index in [0.717, 1.165) is 16.9 Å². The van der Waals surface area contributed by atoms with Crippen LogP contribution < -0.4 is 15.0 Å². The molecule has 9 heteroatoms.